The van der Waals surface area contributed by atoms with Crippen molar-refractivity contribution >= 4 is 6.21 Å². The Morgan fingerprint density at radius 3 is 2.75 bits per heavy atom. The van der Waals surface area contributed by atoms with Crippen LogP contribution < -0.4 is 0 Å². The summed E-state index contributed by atoms with van der Waals surface area (Å²) in [6.45, 7) is 8.46. The van der Waals surface area contributed by atoms with Crippen LogP contribution in [0.3, 0.4) is 0 Å². The van der Waals surface area contributed by atoms with Crippen molar-refractivity contribution in [2.75, 3.05) is 20.1 Å². The van der Waals surface area contributed by atoms with E-state index in [4.69, 9.17) is 0 Å². The first-order valence-corrected chi connectivity index (χ1v) is 6.27. The minimum Gasteiger partial charge on any atom is -0.365 e. The highest BCUT2D eigenvalue weighted by Crippen LogP contribution is 2.31. The summed E-state index contributed by atoms with van der Waals surface area (Å²) in [5.74, 6) is 0. The van der Waals surface area contributed by atoms with Gasteiger partial charge in [0.25, 0.3) is 0 Å². The molecule has 2 saturated heterocycles. The molecule has 2 aliphatic heterocycles. The molecule has 0 aromatic rings. The van der Waals surface area contributed by atoms with Gasteiger partial charge < -0.3 is 5.11 Å². The number of nitrogens with zero attached hydrogens (tertiary/aromatic N) is 3. The second-order valence-electron chi connectivity index (χ2n) is 5.22. The van der Waals surface area contributed by atoms with Crippen LogP contribution in [0.2, 0.25) is 0 Å². The van der Waals surface area contributed by atoms with E-state index in [1.165, 1.54) is 6.42 Å². The third kappa shape index (κ3) is 1.79. The van der Waals surface area contributed by atoms with Gasteiger partial charge in [-0.2, -0.15) is 0 Å². The topological polar surface area (TPSA) is 29.7 Å². The quantitative estimate of drug-likeness (QED) is 0.549. The van der Waals surface area contributed by atoms with Crippen molar-refractivity contribution in [2.24, 2.45) is 0 Å². The highest BCUT2D eigenvalue weighted by atomic mass is 16.3. The molecular formula is C12H24N3O+. The van der Waals surface area contributed by atoms with Crippen molar-refractivity contribution in [3.05, 3.63) is 0 Å². The number of hydrogen-bond acceptors (Lipinski definition) is 3. The third-order valence-electron chi connectivity index (χ3n) is 4.18. The molecule has 3 unspecified atom stereocenters. The van der Waals surface area contributed by atoms with Crippen LogP contribution in [0.5, 0.6) is 0 Å². The van der Waals surface area contributed by atoms with Crippen LogP contribution in [0.1, 0.15) is 27.2 Å². The Morgan fingerprint density at radius 1 is 1.50 bits per heavy atom. The molecule has 3 atom stereocenters. The molecule has 16 heavy (non-hydrogen) atoms. The summed E-state index contributed by atoms with van der Waals surface area (Å²) in [5.41, 5.74) is 0. The van der Waals surface area contributed by atoms with Crippen molar-refractivity contribution in [1.82, 2.24) is 9.80 Å². The largest absolute Gasteiger partial charge is 0.365 e. The van der Waals surface area contributed by atoms with Crippen LogP contribution >= 0.6 is 0 Å². The number of aliphatic hydroxyl groups is 1. The number of rotatable bonds is 3. The number of hydrogen-bond donors (Lipinski definition) is 1. The minimum absolute atomic E-state index is 0.379. The van der Waals surface area contributed by atoms with Crippen molar-refractivity contribution in [3.63, 3.8) is 0 Å². The molecule has 0 aliphatic carbocycles. The lowest BCUT2D eigenvalue weighted by Gasteiger charge is -2.46. The van der Waals surface area contributed by atoms with Crippen LogP contribution in [0.15, 0.2) is 0 Å². The van der Waals surface area contributed by atoms with E-state index in [1.54, 1.807) is 0 Å². The first kappa shape index (κ1) is 12.0. The summed E-state index contributed by atoms with van der Waals surface area (Å²) < 4.78 is 2.41. The van der Waals surface area contributed by atoms with Gasteiger partial charge in [0.1, 0.15) is 12.8 Å². The average molecular weight is 226 g/mol. The molecule has 0 aromatic heterocycles. The Kier molecular flexibility index (Phi) is 3.33. The summed E-state index contributed by atoms with van der Waals surface area (Å²) >= 11 is 0. The molecule has 1 N–H and O–H groups in total. The van der Waals surface area contributed by atoms with E-state index in [0.29, 0.717) is 18.1 Å². The normalized spacial score (nSPS) is 34.6. The second kappa shape index (κ2) is 4.43. The molecule has 0 amide bonds. The zero-order valence-electron chi connectivity index (χ0n) is 10.8. The van der Waals surface area contributed by atoms with E-state index in [0.717, 1.165) is 13.1 Å². The lowest BCUT2D eigenvalue weighted by Crippen LogP contribution is -2.67. The Morgan fingerprint density at radius 2 is 2.19 bits per heavy atom. The van der Waals surface area contributed by atoms with Gasteiger partial charge in [-0.25, -0.2) is 9.48 Å². The molecule has 92 valence electrons. The lowest BCUT2D eigenvalue weighted by atomic mass is 9.98. The van der Waals surface area contributed by atoms with E-state index >= 15 is 0 Å². The molecule has 4 nitrogen and oxygen atoms in total. The summed E-state index contributed by atoms with van der Waals surface area (Å²) in [6.07, 6.45) is 2.94. The van der Waals surface area contributed by atoms with Crippen LogP contribution in [-0.4, -0.2) is 70.3 Å². The smallest absolute Gasteiger partial charge is 0.180 e. The van der Waals surface area contributed by atoms with Gasteiger partial charge in [-0.1, -0.05) is 0 Å². The maximum atomic E-state index is 10.2. The van der Waals surface area contributed by atoms with E-state index in [-0.39, 0.29) is 0 Å². The van der Waals surface area contributed by atoms with Gasteiger partial charge in [0.15, 0.2) is 12.4 Å². The predicted octanol–water partition coefficient (Wildman–Crippen LogP) is 0.162. The summed E-state index contributed by atoms with van der Waals surface area (Å²) in [4.78, 5) is 4.24. The Balaban J connectivity index is 1.96. The maximum absolute atomic E-state index is 10.2. The molecule has 2 fully saturated rings. The molecule has 2 aliphatic rings. The van der Waals surface area contributed by atoms with Gasteiger partial charge in [-0.05, 0) is 20.9 Å². The Labute approximate surface area is 98.2 Å². The van der Waals surface area contributed by atoms with Crippen molar-refractivity contribution < 1.29 is 9.68 Å². The molecule has 0 spiro atoms. The summed E-state index contributed by atoms with van der Waals surface area (Å²) in [5, 5.41) is 10.2. The van der Waals surface area contributed by atoms with Gasteiger partial charge in [0.05, 0.1) is 12.6 Å². The number of fused-ring (bicyclic) bond motifs is 1. The monoisotopic (exact) mass is 226 g/mol. The van der Waals surface area contributed by atoms with E-state index < -0.39 is 6.35 Å². The van der Waals surface area contributed by atoms with Crippen LogP contribution in [0.4, 0.5) is 0 Å². The highest BCUT2D eigenvalue weighted by Gasteiger charge is 2.53. The predicted molar refractivity (Wildman–Crippen MR) is 64.7 cm³/mol. The van der Waals surface area contributed by atoms with Gasteiger partial charge in [-0.15, -0.1) is 0 Å². The number of aliphatic hydroxyl groups excluding tert-OH is 1. The SMILES string of the molecule is CC=[N+]1CCC2C1CN2C(O)N(C)C(C)C. The van der Waals surface area contributed by atoms with E-state index in [1.807, 2.05) is 11.9 Å². The fourth-order valence-electron chi connectivity index (χ4n) is 2.77. The first-order chi connectivity index (χ1) is 7.56. The fourth-order valence-corrected chi connectivity index (χ4v) is 2.77. The molecular weight excluding hydrogens is 202 g/mol. The fraction of sp³-hybridized carbons (Fsp3) is 0.917. The minimum atomic E-state index is -0.418. The Bertz CT molecular complexity index is 290. The van der Waals surface area contributed by atoms with Crippen molar-refractivity contribution in [2.45, 2.75) is 51.7 Å². The summed E-state index contributed by atoms with van der Waals surface area (Å²) in [6, 6.07) is 1.57. The van der Waals surface area contributed by atoms with Gasteiger partial charge in [0.2, 0.25) is 0 Å². The second-order valence-corrected chi connectivity index (χ2v) is 5.22. The van der Waals surface area contributed by atoms with Crippen LogP contribution in [-0.2, 0) is 0 Å². The maximum Gasteiger partial charge on any atom is 0.180 e. The van der Waals surface area contributed by atoms with Gasteiger partial charge >= 0.3 is 0 Å². The standard InChI is InChI=1S/C12H24N3O/c1-5-14-7-6-10-11(14)8-15(10)12(16)13(4)9(2)3/h5,9-12,16H,6-8H2,1-4H3/q+1. The molecule has 0 radical (unpaired) electrons. The van der Waals surface area contributed by atoms with Crippen molar-refractivity contribution in [3.8, 4) is 0 Å². The average Bonchev–Trinajstić information content (AvgIpc) is 2.53. The highest BCUT2D eigenvalue weighted by molar-refractivity contribution is 5.47. The molecule has 0 aromatic carbocycles. The first-order valence-electron chi connectivity index (χ1n) is 6.27. The zero-order valence-corrected chi connectivity index (χ0v) is 10.8. The van der Waals surface area contributed by atoms with E-state index in [2.05, 4.69) is 36.5 Å². The molecule has 0 saturated carbocycles. The zero-order chi connectivity index (χ0) is 11.9. The number of likely N-dealkylation sites (tertiary alicyclic amines) is 1. The lowest BCUT2D eigenvalue weighted by molar-refractivity contribution is -0.559. The van der Waals surface area contributed by atoms with Crippen LogP contribution in [0, 0.1) is 0 Å². The summed E-state index contributed by atoms with van der Waals surface area (Å²) in [7, 11) is 1.99. The van der Waals surface area contributed by atoms with Gasteiger partial charge in [-0.3, -0.25) is 4.90 Å². The molecule has 0 bridgehead atoms. The van der Waals surface area contributed by atoms with Crippen LogP contribution in [0.25, 0.3) is 0 Å². The van der Waals surface area contributed by atoms with E-state index in [9.17, 15) is 5.11 Å². The van der Waals surface area contributed by atoms with Crippen molar-refractivity contribution in [1.29, 1.82) is 0 Å². The van der Waals surface area contributed by atoms with Gasteiger partial charge in [0, 0.05) is 19.4 Å². The molecule has 2 rings (SSSR count). The Hall–Kier alpha value is -0.450. The molecule has 2 heterocycles. The third-order valence-corrected chi connectivity index (χ3v) is 4.18. The molecule has 4 heteroatoms.